The second-order valence-corrected chi connectivity index (χ2v) is 4.43. The number of hydrogen-bond donors (Lipinski definition) is 0. The molecule has 0 spiro atoms. The fraction of sp³-hybridized carbons (Fsp3) is 0.0769. The van der Waals surface area contributed by atoms with Gasteiger partial charge < -0.3 is 0 Å². The second kappa shape index (κ2) is 5.19. The average Bonchev–Trinajstić information content (AvgIpc) is 2.38. The zero-order valence-electron chi connectivity index (χ0n) is 8.81. The third-order valence-electron chi connectivity index (χ3n) is 2.34. The maximum atomic E-state index is 13.0. The molecule has 4 heteroatoms. The number of alkyl halides is 1. The van der Waals surface area contributed by atoms with Crippen molar-refractivity contribution in [3.05, 3.63) is 65.7 Å². The summed E-state index contributed by atoms with van der Waals surface area (Å²) in [7, 11) is 0. The van der Waals surface area contributed by atoms with Crippen LogP contribution in [0.1, 0.15) is 20.7 Å². The molecule has 0 saturated heterocycles. The van der Waals surface area contributed by atoms with Gasteiger partial charge in [-0.1, -0.05) is 28.1 Å². The van der Waals surface area contributed by atoms with Crippen molar-refractivity contribution in [3.63, 3.8) is 0 Å². The molecule has 0 unspecified atom stereocenters. The van der Waals surface area contributed by atoms with Crippen LogP contribution in [0, 0.1) is 5.82 Å². The first kappa shape index (κ1) is 11.9. The smallest absolute Gasteiger partial charge is 0.180 e. The second-order valence-electron chi connectivity index (χ2n) is 3.52. The van der Waals surface area contributed by atoms with Gasteiger partial charge in [0.2, 0.25) is 0 Å². The Bertz CT molecular complexity index is 530. The lowest BCUT2D eigenvalue weighted by Gasteiger charge is -2.08. The fourth-order valence-corrected chi connectivity index (χ4v) is 2.04. The van der Waals surface area contributed by atoms with Crippen LogP contribution in [-0.2, 0) is 0 Å². The maximum Gasteiger partial charge on any atom is 0.180 e. The highest BCUT2D eigenvalue weighted by Gasteiger charge is 2.18. The summed E-state index contributed by atoms with van der Waals surface area (Å²) in [6, 6.07) is 9.16. The number of carbonyl (C=O) groups is 1. The van der Waals surface area contributed by atoms with Crippen molar-refractivity contribution in [1.29, 1.82) is 0 Å². The summed E-state index contributed by atoms with van der Waals surface area (Å²) in [4.78, 5) is 15.5. The van der Waals surface area contributed by atoms with Crippen LogP contribution in [0.4, 0.5) is 4.39 Å². The van der Waals surface area contributed by atoms with Crippen molar-refractivity contribution >= 4 is 21.7 Å². The van der Waals surface area contributed by atoms with Crippen LogP contribution in [-0.4, -0.2) is 10.8 Å². The Kier molecular flexibility index (Phi) is 3.64. The molecule has 1 atom stereocenters. The maximum absolute atomic E-state index is 13.0. The minimum atomic E-state index is -0.479. The number of ketones is 1. The van der Waals surface area contributed by atoms with Crippen LogP contribution >= 0.6 is 15.9 Å². The molecular formula is C13H9BrFNO. The lowest BCUT2D eigenvalue weighted by atomic mass is 10.0. The van der Waals surface area contributed by atoms with Crippen molar-refractivity contribution in [1.82, 2.24) is 4.98 Å². The first-order valence-corrected chi connectivity index (χ1v) is 5.94. The average molecular weight is 294 g/mol. The molecule has 17 heavy (non-hydrogen) atoms. The molecule has 0 N–H and O–H groups in total. The van der Waals surface area contributed by atoms with Gasteiger partial charge in [0.05, 0.1) is 0 Å². The quantitative estimate of drug-likeness (QED) is 0.640. The van der Waals surface area contributed by atoms with Crippen LogP contribution in [0.5, 0.6) is 0 Å². The van der Waals surface area contributed by atoms with E-state index in [-0.39, 0.29) is 5.78 Å². The molecule has 2 aromatic rings. The lowest BCUT2D eigenvalue weighted by Crippen LogP contribution is -2.07. The van der Waals surface area contributed by atoms with E-state index in [0.717, 1.165) is 5.56 Å². The summed E-state index contributed by atoms with van der Waals surface area (Å²) in [6.07, 6.45) is 3.23. The number of benzene rings is 1. The predicted octanol–water partition coefficient (Wildman–Crippen LogP) is 3.54. The molecule has 2 rings (SSSR count). The number of Topliss-reactive ketones (excluding diaryl/α,β-unsaturated/α-hetero) is 1. The summed E-state index contributed by atoms with van der Waals surface area (Å²) >= 11 is 3.31. The van der Waals surface area contributed by atoms with Crippen molar-refractivity contribution < 1.29 is 9.18 Å². The van der Waals surface area contributed by atoms with Crippen molar-refractivity contribution in [2.75, 3.05) is 0 Å². The van der Waals surface area contributed by atoms with Gasteiger partial charge in [-0.25, -0.2) is 4.39 Å². The number of aromatic nitrogens is 1. The largest absolute Gasteiger partial charge is 0.293 e. The minimum Gasteiger partial charge on any atom is -0.293 e. The van der Waals surface area contributed by atoms with Crippen LogP contribution in [0.25, 0.3) is 0 Å². The molecule has 0 aliphatic heterocycles. The summed E-state index contributed by atoms with van der Waals surface area (Å²) < 4.78 is 13.0. The van der Waals surface area contributed by atoms with Gasteiger partial charge in [-0.2, -0.15) is 0 Å². The van der Waals surface area contributed by atoms with E-state index in [1.807, 2.05) is 0 Å². The topological polar surface area (TPSA) is 30.0 Å². The third kappa shape index (κ3) is 2.77. The van der Waals surface area contributed by atoms with E-state index in [2.05, 4.69) is 20.9 Å². The molecule has 1 heterocycles. The Morgan fingerprint density at radius 3 is 2.59 bits per heavy atom. The van der Waals surface area contributed by atoms with Crippen molar-refractivity contribution in [3.8, 4) is 0 Å². The van der Waals surface area contributed by atoms with Gasteiger partial charge >= 0.3 is 0 Å². The highest BCUT2D eigenvalue weighted by atomic mass is 79.9. The molecule has 0 amide bonds. The van der Waals surface area contributed by atoms with Crippen LogP contribution in [0.15, 0.2) is 48.8 Å². The molecule has 1 aromatic heterocycles. The first-order valence-electron chi connectivity index (χ1n) is 5.02. The lowest BCUT2D eigenvalue weighted by molar-refractivity contribution is 0.0991. The predicted molar refractivity (Wildman–Crippen MR) is 66.6 cm³/mol. The molecule has 0 fully saturated rings. The zero-order chi connectivity index (χ0) is 12.3. The number of pyridine rings is 1. The fourth-order valence-electron chi connectivity index (χ4n) is 1.47. The SMILES string of the molecule is O=C(c1cccc(F)c1)[C@H](Br)c1ccncc1. The molecule has 1 aromatic carbocycles. The van der Waals surface area contributed by atoms with E-state index < -0.39 is 10.6 Å². The van der Waals surface area contributed by atoms with E-state index in [1.54, 1.807) is 30.6 Å². The molecule has 0 radical (unpaired) electrons. The number of nitrogens with zero attached hydrogens (tertiary/aromatic N) is 1. The molecular weight excluding hydrogens is 285 g/mol. The Morgan fingerprint density at radius 1 is 1.24 bits per heavy atom. The van der Waals surface area contributed by atoms with Gasteiger partial charge in [0.15, 0.2) is 5.78 Å². The monoisotopic (exact) mass is 293 g/mol. The Labute approximate surface area is 107 Å². The summed E-state index contributed by atoms with van der Waals surface area (Å²) in [6.45, 7) is 0. The van der Waals surface area contributed by atoms with E-state index in [0.29, 0.717) is 5.56 Å². The van der Waals surface area contributed by atoms with E-state index >= 15 is 0 Å². The highest BCUT2D eigenvalue weighted by Crippen LogP contribution is 2.26. The van der Waals surface area contributed by atoms with Gasteiger partial charge in [0, 0.05) is 18.0 Å². The summed E-state index contributed by atoms with van der Waals surface area (Å²) in [5, 5.41) is 0. The van der Waals surface area contributed by atoms with Crippen molar-refractivity contribution in [2.24, 2.45) is 0 Å². The number of carbonyl (C=O) groups excluding carboxylic acids is 1. The molecule has 0 aliphatic rings. The van der Waals surface area contributed by atoms with Crippen molar-refractivity contribution in [2.45, 2.75) is 4.83 Å². The van der Waals surface area contributed by atoms with Gasteiger partial charge in [-0.15, -0.1) is 0 Å². The molecule has 0 bridgehead atoms. The minimum absolute atomic E-state index is 0.171. The third-order valence-corrected chi connectivity index (χ3v) is 3.28. The first-order chi connectivity index (χ1) is 8.18. The Hall–Kier alpha value is -1.55. The van der Waals surface area contributed by atoms with Gasteiger partial charge in [-0.05, 0) is 29.8 Å². The number of rotatable bonds is 3. The van der Waals surface area contributed by atoms with E-state index in [4.69, 9.17) is 0 Å². The van der Waals surface area contributed by atoms with Crippen LogP contribution in [0.2, 0.25) is 0 Å². The molecule has 2 nitrogen and oxygen atoms in total. The van der Waals surface area contributed by atoms with E-state index in [1.165, 1.54) is 18.2 Å². The normalized spacial score (nSPS) is 12.1. The Morgan fingerprint density at radius 2 is 1.94 bits per heavy atom. The van der Waals surface area contributed by atoms with Gasteiger partial charge in [0.1, 0.15) is 10.6 Å². The zero-order valence-corrected chi connectivity index (χ0v) is 10.4. The Balaban J connectivity index is 2.27. The van der Waals surface area contributed by atoms with Gasteiger partial charge in [-0.3, -0.25) is 9.78 Å². The van der Waals surface area contributed by atoms with Gasteiger partial charge in [0.25, 0.3) is 0 Å². The summed E-state index contributed by atoms with van der Waals surface area (Å²) in [5.74, 6) is -0.582. The number of halogens is 2. The van der Waals surface area contributed by atoms with Crippen LogP contribution in [0.3, 0.4) is 0 Å². The number of hydrogen-bond acceptors (Lipinski definition) is 2. The molecule has 86 valence electrons. The molecule has 0 saturated carbocycles. The molecule has 0 aliphatic carbocycles. The standard InChI is InChI=1S/C13H9BrFNO/c14-12(9-4-6-16-7-5-9)13(17)10-2-1-3-11(15)8-10/h1-8,12H/t12-/m1/s1. The highest BCUT2D eigenvalue weighted by molar-refractivity contribution is 9.09. The van der Waals surface area contributed by atoms with E-state index in [9.17, 15) is 9.18 Å². The van der Waals surface area contributed by atoms with Crippen LogP contribution < -0.4 is 0 Å². The summed E-state index contributed by atoms with van der Waals surface area (Å²) in [5.41, 5.74) is 1.15.